The zero-order valence-electron chi connectivity index (χ0n) is 14.7. The van der Waals surface area contributed by atoms with E-state index in [2.05, 4.69) is 4.98 Å². The van der Waals surface area contributed by atoms with Crippen LogP contribution in [0.5, 0.6) is 0 Å². The molecule has 0 aliphatic carbocycles. The van der Waals surface area contributed by atoms with Crippen molar-refractivity contribution in [3.63, 3.8) is 0 Å². The first-order chi connectivity index (χ1) is 13.2. The minimum Gasteiger partial charge on any atom is -0.480 e. The van der Waals surface area contributed by atoms with Gasteiger partial charge in [0.1, 0.15) is 11.5 Å². The third kappa shape index (κ3) is 3.96. The number of carboxylic acids is 1. The highest BCUT2D eigenvalue weighted by Crippen LogP contribution is 2.37. The molecule has 144 valence electrons. The molecule has 0 fully saturated rings. The summed E-state index contributed by atoms with van der Waals surface area (Å²) >= 11 is 5.42. The number of likely N-dealkylation sites (N-methyl/N-ethyl adjacent to an activating group) is 1. The average Bonchev–Trinajstić information content (AvgIpc) is 2.65. The Morgan fingerprint density at radius 3 is 2.46 bits per heavy atom. The largest absolute Gasteiger partial charge is 0.480 e. The van der Waals surface area contributed by atoms with Gasteiger partial charge in [0.15, 0.2) is 0 Å². The number of fused-ring (bicyclic) bond motifs is 1. The number of hydrogen-bond acceptors (Lipinski definition) is 3. The predicted octanol–water partition coefficient (Wildman–Crippen LogP) is 4.61. The maximum atomic E-state index is 13.5. The van der Waals surface area contributed by atoms with Gasteiger partial charge in [0.2, 0.25) is 0 Å². The lowest BCUT2D eigenvalue weighted by atomic mass is 9.99. The van der Waals surface area contributed by atoms with Crippen LogP contribution in [-0.2, 0) is 11.0 Å². The summed E-state index contributed by atoms with van der Waals surface area (Å²) in [5, 5.41) is 9.65. The van der Waals surface area contributed by atoms with Crippen LogP contribution in [0.4, 0.5) is 13.2 Å². The lowest BCUT2D eigenvalue weighted by Crippen LogP contribution is -2.31. The van der Waals surface area contributed by atoms with Gasteiger partial charge < -0.3 is 10.0 Å². The van der Waals surface area contributed by atoms with Crippen LogP contribution in [-0.4, -0.2) is 39.5 Å². The number of rotatable bonds is 4. The van der Waals surface area contributed by atoms with E-state index in [1.165, 1.54) is 36.2 Å². The van der Waals surface area contributed by atoms with E-state index in [-0.39, 0.29) is 22.8 Å². The number of nitrogens with zero attached hydrogens (tertiary/aromatic N) is 2. The first-order valence-corrected chi connectivity index (χ1v) is 8.63. The highest BCUT2D eigenvalue weighted by molar-refractivity contribution is 7.80. The SMILES string of the molecule is CN(CC(=O)O)C(=S)c1cc(-c2ccccc2C(F)(F)F)nc2ccccc12. The number of aliphatic carboxylic acids is 1. The summed E-state index contributed by atoms with van der Waals surface area (Å²) in [5.41, 5.74) is 0.182. The Morgan fingerprint density at radius 1 is 1.14 bits per heavy atom. The molecule has 3 aromatic rings. The third-order valence-corrected chi connectivity index (χ3v) is 4.71. The van der Waals surface area contributed by atoms with Crippen LogP contribution in [0.1, 0.15) is 11.1 Å². The Bertz CT molecular complexity index is 1070. The maximum absolute atomic E-state index is 13.5. The molecule has 0 bridgehead atoms. The van der Waals surface area contributed by atoms with Crippen LogP contribution in [0.25, 0.3) is 22.2 Å². The van der Waals surface area contributed by atoms with Gasteiger partial charge in [-0.1, -0.05) is 48.6 Å². The van der Waals surface area contributed by atoms with Gasteiger partial charge in [0, 0.05) is 23.6 Å². The molecule has 0 spiro atoms. The van der Waals surface area contributed by atoms with Gasteiger partial charge in [-0.05, 0) is 18.2 Å². The van der Waals surface area contributed by atoms with Crippen molar-refractivity contribution < 1.29 is 23.1 Å². The average molecular weight is 404 g/mol. The van der Waals surface area contributed by atoms with E-state index in [9.17, 15) is 18.0 Å². The number of thiocarbonyl (C=S) groups is 1. The molecule has 1 aromatic heterocycles. The van der Waals surface area contributed by atoms with Crippen LogP contribution >= 0.6 is 12.2 Å². The number of alkyl halides is 3. The zero-order chi connectivity index (χ0) is 20.5. The second kappa shape index (κ2) is 7.55. The summed E-state index contributed by atoms with van der Waals surface area (Å²) < 4.78 is 40.4. The van der Waals surface area contributed by atoms with E-state index >= 15 is 0 Å². The molecule has 0 radical (unpaired) electrons. The van der Waals surface area contributed by atoms with Crippen LogP contribution in [0.2, 0.25) is 0 Å². The van der Waals surface area contributed by atoms with Gasteiger partial charge in [0.25, 0.3) is 0 Å². The minimum atomic E-state index is -4.54. The van der Waals surface area contributed by atoms with Crippen molar-refractivity contribution in [3.05, 3.63) is 65.7 Å². The van der Waals surface area contributed by atoms with Crippen molar-refractivity contribution >= 4 is 34.1 Å². The van der Waals surface area contributed by atoms with Crippen molar-refractivity contribution in [3.8, 4) is 11.3 Å². The molecular weight excluding hydrogens is 389 g/mol. The number of halogens is 3. The molecule has 0 unspecified atom stereocenters. The topological polar surface area (TPSA) is 53.4 Å². The normalized spacial score (nSPS) is 11.4. The molecule has 3 rings (SSSR count). The number of para-hydroxylation sites is 1. The second-order valence-electron chi connectivity index (χ2n) is 6.17. The van der Waals surface area contributed by atoms with Crippen LogP contribution in [0.3, 0.4) is 0 Å². The van der Waals surface area contributed by atoms with Crippen molar-refractivity contribution in [2.75, 3.05) is 13.6 Å². The molecule has 4 nitrogen and oxygen atoms in total. The van der Waals surface area contributed by atoms with E-state index in [4.69, 9.17) is 17.3 Å². The monoisotopic (exact) mass is 404 g/mol. The molecule has 0 saturated carbocycles. The van der Waals surface area contributed by atoms with E-state index in [1.54, 1.807) is 24.3 Å². The zero-order valence-corrected chi connectivity index (χ0v) is 15.5. The molecule has 1 heterocycles. The van der Waals surface area contributed by atoms with Crippen molar-refractivity contribution in [2.24, 2.45) is 0 Å². The minimum absolute atomic E-state index is 0.0642. The molecule has 0 saturated heterocycles. The summed E-state index contributed by atoms with van der Waals surface area (Å²) in [6.07, 6.45) is -4.54. The molecular formula is C20H15F3N2O2S. The number of hydrogen-bond donors (Lipinski definition) is 1. The van der Waals surface area contributed by atoms with Crippen molar-refractivity contribution in [1.29, 1.82) is 0 Å². The molecule has 8 heteroatoms. The summed E-state index contributed by atoms with van der Waals surface area (Å²) in [4.78, 5) is 17.0. The number of carbonyl (C=O) groups is 1. The number of pyridine rings is 1. The summed E-state index contributed by atoms with van der Waals surface area (Å²) in [5.74, 6) is -1.06. The third-order valence-electron chi connectivity index (χ3n) is 4.17. The lowest BCUT2D eigenvalue weighted by Gasteiger charge is -2.20. The lowest BCUT2D eigenvalue weighted by molar-refractivity contribution is -0.138. The number of benzene rings is 2. The molecule has 1 N–H and O–H groups in total. The molecule has 0 atom stereocenters. The smallest absolute Gasteiger partial charge is 0.417 e. The van der Waals surface area contributed by atoms with Crippen LogP contribution < -0.4 is 0 Å². The molecule has 2 aromatic carbocycles. The maximum Gasteiger partial charge on any atom is 0.417 e. The molecule has 0 amide bonds. The van der Waals surface area contributed by atoms with Crippen LogP contribution in [0.15, 0.2) is 54.6 Å². The van der Waals surface area contributed by atoms with Crippen molar-refractivity contribution in [1.82, 2.24) is 9.88 Å². The Balaban J connectivity index is 2.23. The quantitative estimate of drug-likeness (QED) is 0.644. The summed E-state index contributed by atoms with van der Waals surface area (Å²) in [6, 6.07) is 13.6. The molecule has 0 aliphatic heterocycles. The fourth-order valence-corrected chi connectivity index (χ4v) is 3.16. The second-order valence-corrected chi connectivity index (χ2v) is 6.56. The van der Waals surface area contributed by atoms with Crippen LogP contribution in [0, 0.1) is 0 Å². The Hall–Kier alpha value is -3.00. The van der Waals surface area contributed by atoms with Crippen molar-refractivity contribution in [2.45, 2.75) is 6.18 Å². The van der Waals surface area contributed by atoms with Gasteiger partial charge in [0.05, 0.1) is 16.8 Å². The van der Waals surface area contributed by atoms with Gasteiger partial charge in [-0.3, -0.25) is 4.79 Å². The first-order valence-electron chi connectivity index (χ1n) is 8.22. The number of aromatic nitrogens is 1. The van der Waals surface area contributed by atoms with Gasteiger partial charge >= 0.3 is 12.1 Å². The van der Waals surface area contributed by atoms with Gasteiger partial charge in [-0.25, -0.2) is 4.98 Å². The molecule has 28 heavy (non-hydrogen) atoms. The fraction of sp³-hybridized carbons (Fsp3) is 0.150. The predicted molar refractivity (Wildman–Crippen MR) is 104 cm³/mol. The first kappa shape index (κ1) is 19.8. The summed E-state index contributed by atoms with van der Waals surface area (Å²) in [6.45, 7) is -0.329. The van der Waals surface area contributed by atoms with E-state index in [0.717, 1.165) is 6.07 Å². The standard InChI is InChI=1S/C20H15F3N2O2S/c1-25(11-18(26)27)19(28)14-10-17(24-16-9-5-3-6-12(14)16)13-7-2-4-8-15(13)20(21,22)23/h2-10H,11H2,1H3,(H,26,27). The summed E-state index contributed by atoms with van der Waals surface area (Å²) in [7, 11) is 1.52. The Morgan fingerprint density at radius 2 is 1.79 bits per heavy atom. The van der Waals surface area contributed by atoms with Gasteiger partial charge in [-0.2, -0.15) is 13.2 Å². The Kier molecular flexibility index (Phi) is 5.33. The van der Waals surface area contributed by atoms with E-state index < -0.39 is 17.7 Å². The highest BCUT2D eigenvalue weighted by atomic mass is 32.1. The van der Waals surface area contributed by atoms with Gasteiger partial charge in [-0.15, -0.1) is 0 Å². The van der Waals surface area contributed by atoms with E-state index in [0.29, 0.717) is 16.5 Å². The fourth-order valence-electron chi connectivity index (χ4n) is 2.92. The molecule has 0 aliphatic rings. The highest BCUT2D eigenvalue weighted by Gasteiger charge is 2.34. The number of carboxylic acid groups (broad SMARTS) is 1. The van der Waals surface area contributed by atoms with E-state index in [1.807, 2.05) is 0 Å². The Labute approximate surface area is 164 Å².